The van der Waals surface area contributed by atoms with Crippen molar-refractivity contribution in [3.05, 3.63) is 0 Å². The van der Waals surface area contributed by atoms with Crippen LogP contribution in [0.15, 0.2) is 0 Å². The number of fused-ring (bicyclic) bond motifs is 2. The highest BCUT2D eigenvalue weighted by atomic mass is 17.3. The van der Waals surface area contributed by atoms with Crippen LogP contribution in [0.25, 0.3) is 0 Å². The molecule has 4 aliphatic heterocycles. The molecule has 0 N–H and O–H groups in total. The zero-order valence-electron chi connectivity index (χ0n) is 15.7. The summed E-state index contributed by atoms with van der Waals surface area (Å²) in [4.78, 5) is 23.9. The average Bonchev–Trinajstić information content (AvgIpc) is 2.79. The number of ether oxygens (including phenoxy) is 3. The predicted octanol–water partition coefficient (Wildman–Crippen LogP) is 3.19. The SMILES string of the molecule is CCOC(=O)C[C@H]1O[C@@H]2O[C@@]3(C)CC[C@H]4[C@H](C)CC[C@@H]([C@H]1C)[C@@]24OO3. The van der Waals surface area contributed by atoms with E-state index in [-0.39, 0.29) is 30.3 Å². The molecule has 1 spiro atoms. The Kier molecular flexibility index (Phi) is 4.38. The van der Waals surface area contributed by atoms with Crippen molar-refractivity contribution in [3.63, 3.8) is 0 Å². The third-order valence-electron chi connectivity index (χ3n) is 6.97. The van der Waals surface area contributed by atoms with E-state index in [0.29, 0.717) is 18.4 Å². The normalized spacial score (nSPS) is 51.5. The van der Waals surface area contributed by atoms with Gasteiger partial charge in [0.05, 0.1) is 19.1 Å². The van der Waals surface area contributed by atoms with Crippen molar-refractivity contribution in [2.75, 3.05) is 6.61 Å². The molecule has 142 valence electrons. The molecule has 0 radical (unpaired) electrons. The Bertz CT molecular complexity index is 538. The van der Waals surface area contributed by atoms with Gasteiger partial charge in [-0.2, -0.15) is 0 Å². The number of carbonyl (C=O) groups is 1. The fourth-order valence-corrected chi connectivity index (χ4v) is 5.60. The molecule has 25 heavy (non-hydrogen) atoms. The average molecular weight is 354 g/mol. The molecule has 0 amide bonds. The zero-order chi connectivity index (χ0) is 17.8. The predicted molar refractivity (Wildman–Crippen MR) is 88.1 cm³/mol. The van der Waals surface area contributed by atoms with E-state index in [1.54, 1.807) is 0 Å². The molecule has 1 saturated carbocycles. The fraction of sp³-hybridized carbons (Fsp3) is 0.947. The van der Waals surface area contributed by atoms with E-state index in [4.69, 9.17) is 24.0 Å². The molecule has 1 aliphatic carbocycles. The van der Waals surface area contributed by atoms with Crippen molar-refractivity contribution in [2.45, 2.75) is 83.6 Å². The Morgan fingerprint density at radius 2 is 1.96 bits per heavy atom. The van der Waals surface area contributed by atoms with E-state index < -0.39 is 17.7 Å². The van der Waals surface area contributed by atoms with Crippen LogP contribution in [-0.4, -0.2) is 36.4 Å². The summed E-state index contributed by atoms with van der Waals surface area (Å²) in [5, 5.41) is 0. The Morgan fingerprint density at radius 3 is 2.72 bits per heavy atom. The lowest BCUT2D eigenvalue weighted by Gasteiger charge is -2.60. The van der Waals surface area contributed by atoms with Crippen LogP contribution in [0.4, 0.5) is 0 Å². The number of hydrogen-bond acceptors (Lipinski definition) is 6. The third kappa shape index (κ3) is 2.64. The standard InChI is InChI=1S/C19H30O6/c1-5-21-16(20)10-15-12(3)14-7-6-11(2)13-8-9-18(4)23-17(22-15)19(13,14)25-24-18/h11-15,17H,5-10H2,1-4H3/t11-,12-,13+,14+,15-,17-,18-,19-/m1/s1. The van der Waals surface area contributed by atoms with Crippen molar-refractivity contribution in [3.8, 4) is 0 Å². The molecule has 4 heterocycles. The van der Waals surface area contributed by atoms with Crippen LogP contribution in [0.2, 0.25) is 0 Å². The summed E-state index contributed by atoms with van der Waals surface area (Å²) in [6, 6.07) is 0. The van der Waals surface area contributed by atoms with E-state index in [2.05, 4.69) is 13.8 Å². The minimum atomic E-state index is -0.771. The Hall–Kier alpha value is -0.690. The number of esters is 1. The van der Waals surface area contributed by atoms with E-state index in [1.807, 2.05) is 13.8 Å². The van der Waals surface area contributed by atoms with Crippen molar-refractivity contribution >= 4 is 5.97 Å². The summed E-state index contributed by atoms with van der Waals surface area (Å²) in [5.41, 5.74) is -0.557. The highest BCUT2D eigenvalue weighted by Crippen LogP contribution is 2.60. The molecular weight excluding hydrogens is 324 g/mol. The molecule has 0 aromatic rings. The van der Waals surface area contributed by atoms with E-state index in [0.717, 1.165) is 19.3 Å². The van der Waals surface area contributed by atoms with E-state index in [1.165, 1.54) is 6.42 Å². The maximum atomic E-state index is 12.0. The zero-order valence-corrected chi connectivity index (χ0v) is 15.7. The van der Waals surface area contributed by atoms with Gasteiger partial charge in [-0.3, -0.25) is 4.79 Å². The summed E-state index contributed by atoms with van der Waals surface area (Å²) < 4.78 is 17.8. The second kappa shape index (κ2) is 6.19. The van der Waals surface area contributed by atoms with Crippen molar-refractivity contribution < 1.29 is 28.8 Å². The Balaban J connectivity index is 1.66. The molecule has 0 aromatic carbocycles. The summed E-state index contributed by atoms with van der Waals surface area (Å²) in [6.45, 7) is 8.59. The van der Waals surface area contributed by atoms with Crippen molar-refractivity contribution in [1.82, 2.24) is 0 Å². The maximum Gasteiger partial charge on any atom is 0.308 e. The largest absolute Gasteiger partial charge is 0.466 e. The van der Waals surface area contributed by atoms with Gasteiger partial charge in [0.25, 0.3) is 0 Å². The highest BCUT2D eigenvalue weighted by molar-refractivity contribution is 5.70. The summed E-state index contributed by atoms with van der Waals surface area (Å²) in [7, 11) is 0. The molecule has 6 nitrogen and oxygen atoms in total. The van der Waals surface area contributed by atoms with Gasteiger partial charge >= 0.3 is 5.97 Å². The van der Waals surface area contributed by atoms with Crippen LogP contribution in [0.3, 0.4) is 0 Å². The van der Waals surface area contributed by atoms with Crippen molar-refractivity contribution in [2.24, 2.45) is 23.7 Å². The summed E-state index contributed by atoms with van der Waals surface area (Å²) >= 11 is 0. The Morgan fingerprint density at radius 1 is 1.16 bits per heavy atom. The minimum Gasteiger partial charge on any atom is -0.466 e. The quantitative estimate of drug-likeness (QED) is 0.573. The second-order valence-corrected chi connectivity index (χ2v) is 8.45. The summed E-state index contributed by atoms with van der Waals surface area (Å²) in [6.07, 6.45) is 3.60. The lowest BCUT2D eigenvalue weighted by Crippen LogP contribution is -2.70. The van der Waals surface area contributed by atoms with Crippen LogP contribution in [-0.2, 0) is 28.8 Å². The monoisotopic (exact) mass is 354 g/mol. The van der Waals surface area contributed by atoms with Crippen LogP contribution in [0.1, 0.15) is 59.8 Å². The van der Waals surface area contributed by atoms with Crippen LogP contribution in [0.5, 0.6) is 0 Å². The first-order valence-electron chi connectivity index (χ1n) is 9.75. The van der Waals surface area contributed by atoms with Gasteiger partial charge in [-0.15, -0.1) is 0 Å². The van der Waals surface area contributed by atoms with E-state index >= 15 is 0 Å². The molecule has 5 aliphatic rings. The highest BCUT2D eigenvalue weighted by Gasteiger charge is 2.69. The molecule has 8 atom stereocenters. The van der Waals surface area contributed by atoms with Gasteiger partial charge in [-0.25, -0.2) is 9.78 Å². The topological polar surface area (TPSA) is 63.2 Å². The summed E-state index contributed by atoms with van der Waals surface area (Å²) in [5.74, 6) is 0.362. The number of carbonyl (C=O) groups excluding carboxylic acids is 1. The lowest BCUT2D eigenvalue weighted by atomic mass is 9.57. The molecule has 4 saturated heterocycles. The first kappa shape index (κ1) is 17.7. The number of hydrogen-bond donors (Lipinski definition) is 0. The van der Waals surface area contributed by atoms with Gasteiger partial charge in [0.2, 0.25) is 5.79 Å². The third-order valence-corrected chi connectivity index (χ3v) is 6.97. The molecule has 0 aromatic heterocycles. The van der Waals surface area contributed by atoms with E-state index in [9.17, 15) is 4.79 Å². The molecule has 5 rings (SSSR count). The molecule has 6 heteroatoms. The first-order chi connectivity index (χ1) is 11.9. The van der Waals surface area contributed by atoms with Gasteiger partial charge in [-0.1, -0.05) is 13.8 Å². The molecular formula is C19H30O6. The maximum absolute atomic E-state index is 12.0. The smallest absolute Gasteiger partial charge is 0.308 e. The van der Waals surface area contributed by atoms with Crippen LogP contribution >= 0.6 is 0 Å². The van der Waals surface area contributed by atoms with Crippen LogP contribution < -0.4 is 0 Å². The lowest BCUT2D eigenvalue weighted by molar-refractivity contribution is -0.571. The minimum absolute atomic E-state index is 0.185. The second-order valence-electron chi connectivity index (χ2n) is 8.45. The van der Waals surface area contributed by atoms with Gasteiger partial charge in [0.1, 0.15) is 0 Å². The molecule has 5 fully saturated rings. The fourth-order valence-electron chi connectivity index (χ4n) is 5.60. The van der Waals surface area contributed by atoms with Crippen molar-refractivity contribution in [1.29, 1.82) is 0 Å². The van der Waals surface area contributed by atoms with Gasteiger partial charge in [0, 0.05) is 12.3 Å². The Labute approximate surface area is 149 Å². The van der Waals surface area contributed by atoms with Gasteiger partial charge in [-0.05, 0) is 50.9 Å². The van der Waals surface area contributed by atoms with Gasteiger partial charge < -0.3 is 14.2 Å². The van der Waals surface area contributed by atoms with Gasteiger partial charge in [0.15, 0.2) is 11.9 Å². The molecule has 0 unspecified atom stereocenters. The number of rotatable bonds is 3. The first-order valence-corrected chi connectivity index (χ1v) is 9.75. The molecule has 2 bridgehead atoms. The van der Waals surface area contributed by atoms with Crippen LogP contribution in [0, 0.1) is 23.7 Å².